The van der Waals surface area contributed by atoms with E-state index in [4.69, 9.17) is 0 Å². The third kappa shape index (κ3) is 2.32. The molecule has 1 aromatic heterocycles. The summed E-state index contributed by atoms with van der Waals surface area (Å²) in [4.78, 5) is 14.5. The average molecular weight is 223 g/mol. The molecule has 1 aromatic rings. The second-order valence-corrected chi connectivity index (χ2v) is 4.44. The maximum atomic E-state index is 12.3. The maximum absolute atomic E-state index is 12.3. The number of nitrogens with zero attached hydrogens (tertiary/aromatic N) is 3. The second kappa shape index (κ2) is 4.78. The van der Waals surface area contributed by atoms with E-state index in [1.807, 2.05) is 20.9 Å². The first kappa shape index (κ1) is 12.9. The van der Waals surface area contributed by atoms with Gasteiger partial charge in [-0.25, -0.2) is 0 Å². The van der Waals surface area contributed by atoms with Gasteiger partial charge in [0, 0.05) is 13.2 Å². The molecule has 0 N–H and O–H groups in total. The van der Waals surface area contributed by atoms with Crippen molar-refractivity contribution in [1.82, 2.24) is 14.7 Å². The van der Waals surface area contributed by atoms with Gasteiger partial charge in [-0.1, -0.05) is 13.8 Å². The highest BCUT2D eigenvalue weighted by Gasteiger charge is 2.34. The Morgan fingerprint density at radius 2 is 2.00 bits per heavy atom. The largest absolute Gasteiger partial charge is 0.292 e. The van der Waals surface area contributed by atoms with Gasteiger partial charge in [0.15, 0.2) is 0 Å². The minimum absolute atomic E-state index is 0.0804. The molecule has 0 radical (unpaired) electrons. The summed E-state index contributed by atoms with van der Waals surface area (Å²) in [6.07, 6.45) is 1.80. The van der Waals surface area contributed by atoms with E-state index in [1.54, 1.807) is 16.9 Å². The van der Waals surface area contributed by atoms with Crippen LogP contribution in [0.1, 0.15) is 38.2 Å². The number of carbonyl (C=O) groups excluding carboxylic acids is 1. The molecule has 4 heteroatoms. The van der Waals surface area contributed by atoms with Crippen molar-refractivity contribution in [3.8, 4) is 0 Å². The minimum Gasteiger partial charge on any atom is -0.292 e. The van der Waals surface area contributed by atoms with Crippen molar-refractivity contribution >= 4 is 5.78 Å². The molecule has 90 valence electrons. The van der Waals surface area contributed by atoms with E-state index < -0.39 is 5.54 Å². The van der Waals surface area contributed by atoms with Crippen LogP contribution in [0.3, 0.4) is 0 Å². The molecular formula is C12H21N3O. The van der Waals surface area contributed by atoms with Crippen LogP contribution >= 0.6 is 0 Å². The summed E-state index contributed by atoms with van der Waals surface area (Å²) in [6, 6.07) is 1.77. The van der Waals surface area contributed by atoms with Gasteiger partial charge >= 0.3 is 0 Å². The third-order valence-electron chi connectivity index (χ3n) is 3.06. The molecule has 0 unspecified atom stereocenters. The Labute approximate surface area is 97.2 Å². The monoisotopic (exact) mass is 223 g/mol. The average Bonchev–Trinajstić information content (AvgIpc) is 2.65. The van der Waals surface area contributed by atoms with Gasteiger partial charge in [-0.2, -0.15) is 5.10 Å². The lowest BCUT2D eigenvalue weighted by molar-refractivity contribution is 0.0662. The number of rotatable bonds is 5. The first-order valence-electron chi connectivity index (χ1n) is 5.73. The van der Waals surface area contributed by atoms with Gasteiger partial charge in [0.1, 0.15) is 5.69 Å². The molecule has 0 spiro atoms. The number of carbonyl (C=O) groups is 1. The van der Waals surface area contributed by atoms with E-state index in [1.165, 1.54) is 0 Å². The standard InChI is InChI=1S/C12H21N3O/c1-6-15(7-2)12(3,4)11(16)10-8-9-14(5)13-10/h8-9H,6-7H2,1-5H3. The van der Waals surface area contributed by atoms with Crippen LogP contribution in [0.4, 0.5) is 0 Å². The highest BCUT2D eigenvalue weighted by Crippen LogP contribution is 2.19. The lowest BCUT2D eigenvalue weighted by atomic mass is 9.94. The summed E-state index contributed by atoms with van der Waals surface area (Å²) >= 11 is 0. The molecule has 0 aliphatic rings. The summed E-state index contributed by atoms with van der Waals surface area (Å²) in [5.41, 5.74) is 0.0529. The SMILES string of the molecule is CCN(CC)C(C)(C)C(=O)c1ccn(C)n1. The Balaban J connectivity index is 2.95. The van der Waals surface area contributed by atoms with E-state index in [2.05, 4.69) is 23.8 Å². The topological polar surface area (TPSA) is 38.1 Å². The fraction of sp³-hybridized carbons (Fsp3) is 0.667. The van der Waals surface area contributed by atoms with Crippen LogP contribution in [0.25, 0.3) is 0 Å². The number of aromatic nitrogens is 2. The van der Waals surface area contributed by atoms with Gasteiger partial charge in [0.25, 0.3) is 0 Å². The predicted molar refractivity (Wildman–Crippen MR) is 64.5 cm³/mol. The van der Waals surface area contributed by atoms with Crippen LogP contribution in [-0.4, -0.2) is 39.1 Å². The molecule has 0 saturated heterocycles. The first-order valence-corrected chi connectivity index (χ1v) is 5.73. The maximum Gasteiger partial charge on any atom is 0.202 e. The van der Waals surface area contributed by atoms with Crippen LogP contribution in [0.2, 0.25) is 0 Å². The van der Waals surface area contributed by atoms with Crippen molar-refractivity contribution in [2.75, 3.05) is 13.1 Å². The summed E-state index contributed by atoms with van der Waals surface area (Å²) < 4.78 is 1.66. The van der Waals surface area contributed by atoms with Crippen molar-refractivity contribution in [1.29, 1.82) is 0 Å². The molecule has 1 rings (SSSR count). The number of hydrogen-bond donors (Lipinski definition) is 0. The second-order valence-electron chi connectivity index (χ2n) is 4.44. The lowest BCUT2D eigenvalue weighted by Crippen LogP contribution is -2.50. The molecule has 0 aliphatic heterocycles. The number of aryl methyl sites for hydroxylation is 1. The molecule has 0 saturated carbocycles. The van der Waals surface area contributed by atoms with E-state index >= 15 is 0 Å². The zero-order chi connectivity index (χ0) is 12.3. The van der Waals surface area contributed by atoms with Gasteiger partial charge in [-0.05, 0) is 33.0 Å². The molecule has 0 aliphatic carbocycles. The van der Waals surface area contributed by atoms with Crippen molar-refractivity contribution in [3.63, 3.8) is 0 Å². The van der Waals surface area contributed by atoms with Crippen molar-refractivity contribution in [3.05, 3.63) is 18.0 Å². The van der Waals surface area contributed by atoms with Crippen LogP contribution < -0.4 is 0 Å². The number of hydrogen-bond acceptors (Lipinski definition) is 3. The fourth-order valence-electron chi connectivity index (χ4n) is 2.01. The van der Waals surface area contributed by atoms with Gasteiger partial charge in [0.05, 0.1) is 5.54 Å². The molecule has 0 bridgehead atoms. The Morgan fingerprint density at radius 3 is 2.38 bits per heavy atom. The molecule has 16 heavy (non-hydrogen) atoms. The first-order chi connectivity index (χ1) is 7.43. The van der Waals surface area contributed by atoms with E-state index in [-0.39, 0.29) is 5.78 Å². The molecule has 4 nitrogen and oxygen atoms in total. The van der Waals surface area contributed by atoms with Crippen LogP contribution in [0, 0.1) is 0 Å². The van der Waals surface area contributed by atoms with Gasteiger partial charge in [0.2, 0.25) is 5.78 Å². The predicted octanol–water partition coefficient (Wildman–Crippen LogP) is 1.72. The van der Waals surface area contributed by atoms with Crippen LogP contribution in [0.15, 0.2) is 12.3 Å². The minimum atomic E-state index is -0.488. The highest BCUT2D eigenvalue weighted by atomic mass is 16.1. The summed E-state index contributed by atoms with van der Waals surface area (Å²) in [5.74, 6) is 0.0804. The zero-order valence-electron chi connectivity index (χ0n) is 10.8. The normalized spacial score (nSPS) is 12.1. The van der Waals surface area contributed by atoms with Crippen LogP contribution in [-0.2, 0) is 7.05 Å². The molecular weight excluding hydrogens is 202 g/mol. The number of likely N-dealkylation sites (N-methyl/N-ethyl adjacent to an activating group) is 1. The molecule has 0 aromatic carbocycles. The Hall–Kier alpha value is -1.16. The Morgan fingerprint density at radius 1 is 1.44 bits per heavy atom. The quantitative estimate of drug-likeness (QED) is 0.713. The Kier molecular flexibility index (Phi) is 3.86. The third-order valence-corrected chi connectivity index (χ3v) is 3.06. The molecule has 0 fully saturated rings. The van der Waals surface area contributed by atoms with Crippen molar-refractivity contribution < 1.29 is 4.79 Å². The molecule has 0 atom stereocenters. The van der Waals surface area contributed by atoms with Gasteiger partial charge < -0.3 is 0 Å². The van der Waals surface area contributed by atoms with Gasteiger partial charge in [-0.15, -0.1) is 0 Å². The lowest BCUT2D eigenvalue weighted by Gasteiger charge is -2.35. The molecule has 1 heterocycles. The zero-order valence-corrected chi connectivity index (χ0v) is 10.8. The molecule has 0 amide bonds. The number of ketones is 1. The van der Waals surface area contributed by atoms with Crippen molar-refractivity contribution in [2.24, 2.45) is 7.05 Å². The number of Topliss-reactive ketones (excluding diaryl/α,β-unsaturated/α-hetero) is 1. The smallest absolute Gasteiger partial charge is 0.202 e. The van der Waals surface area contributed by atoms with E-state index in [0.717, 1.165) is 13.1 Å². The van der Waals surface area contributed by atoms with E-state index in [0.29, 0.717) is 5.69 Å². The summed E-state index contributed by atoms with van der Waals surface area (Å²) in [7, 11) is 1.82. The fourth-order valence-corrected chi connectivity index (χ4v) is 2.01. The van der Waals surface area contributed by atoms with Crippen molar-refractivity contribution in [2.45, 2.75) is 33.2 Å². The van der Waals surface area contributed by atoms with Gasteiger partial charge in [-0.3, -0.25) is 14.4 Å². The summed E-state index contributed by atoms with van der Waals surface area (Å²) in [6.45, 7) is 9.77. The Bertz CT molecular complexity index is 364. The highest BCUT2D eigenvalue weighted by molar-refractivity contribution is 6.01. The van der Waals surface area contributed by atoms with Crippen LogP contribution in [0.5, 0.6) is 0 Å². The van der Waals surface area contributed by atoms with E-state index in [9.17, 15) is 4.79 Å². The summed E-state index contributed by atoms with van der Waals surface area (Å²) in [5, 5.41) is 4.17.